The number of benzene rings is 1. The molecule has 170 valence electrons. The molecule has 0 unspecified atom stereocenters. The van der Waals surface area contributed by atoms with Gasteiger partial charge in [-0.25, -0.2) is 9.67 Å². The van der Waals surface area contributed by atoms with E-state index < -0.39 is 0 Å². The van der Waals surface area contributed by atoms with Gasteiger partial charge in [0.05, 0.1) is 37.1 Å². The molecule has 2 aromatic heterocycles. The lowest BCUT2D eigenvalue weighted by atomic mass is 10.00. The Morgan fingerprint density at radius 2 is 2.03 bits per heavy atom. The van der Waals surface area contributed by atoms with Crippen molar-refractivity contribution in [3.8, 4) is 5.88 Å². The molecule has 0 radical (unpaired) electrons. The molecule has 0 saturated carbocycles. The van der Waals surface area contributed by atoms with Crippen LogP contribution in [0, 0.1) is 13.8 Å². The van der Waals surface area contributed by atoms with Crippen LogP contribution < -0.4 is 15.0 Å². The average molecular weight is 458 g/mol. The number of halogens is 1. The predicted octanol–water partition coefficient (Wildman–Crippen LogP) is 3.66. The second-order valence-corrected chi connectivity index (χ2v) is 8.38. The summed E-state index contributed by atoms with van der Waals surface area (Å²) in [6.45, 7) is 6.89. The van der Waals surface area contributed by atoms with Gasteiger partial charge in [0, 0.05) is 37.3 Å². The van der Waals surface area contributed by atoms with Crippen LogP contribution in [0.1, 0.15) is 23.2 Å². The molecule has 1 aromatic carbocycles. The normalized spacial score (nSPS) is 14.1. The highest BCUT2D eigenvalue weighted by Crippen LogP contribution is 2.32. The first kappa shape index (κ1) is 22.4. The first-order valence-corrected chi connectivity index (χ1v) is 11.1. The second-order valence-electron chi connectivity index (χ2n) is 7.94. The topological polar surface area (TPSA) is 81.5 Å². The number of nitrogens with one attached hydrogen (secondary N) is 1. The van der Waals surface area contributed by atoms with E-state index in [0.717, 1.165) is 52.3 Å². The Morgan fingerprint density at radius 3 is 2.75 bits per heavy atom. The summed E-state index contributed by atoms with van der Waals surface area (Å²) in [5.41, 5.74) is 5.44. The molecule has 3 heterocycles. The van der Waals surface area contributed by atoms with Gasteiger partial charge >= 0.3 is 0 Å². The van der Waals surface area contributed by atoms with Gasteiger partial charge in [-0.2, -0.15) is 0 Å². The Hall–Kier alpha value is -2.84. The first-order chi connectivity index (χ1) is 15.4. The van der Waals surface area contributed by atoms with Gasteiger partial charge < -0.3 is 19.7 Å². The zero-order chi connectivity index (χ0) is 22.8. The lowest BCUT2D eigenvalue weighted by Crippen LogP contribution is -2.36. The van der Waals surface area contributed by atoms with E-state index >= 15 is 0 Å². The van der Waals surface area contributed by atoms with Gasteiger partial charge in [-0.3, -0.25) is 4.79 Å². The van der Waals surface area contributed by atoms with Crippen LogP contribution >= 0.6 is 11.6 Å². The predicted molar refractivity (Wildman–Crippen MR) is 126 cm³/mol. The van der Waals surface area contributed by atoms with E-state index in [4.69, 9.17) is 26.1 Å². The number of hydrogen-bond donors (Lipinski definition) is 1. The number of carbonyl (C=O) groups is 1. The maximum atomic E-state index is 12.9. The largest absolute Gasteiger partial charge is 0.479 e. The first-order valence-electron chi connectivity index (χ1n) is 10.7. The summed E-state index contributed by atoms with van der Waals surface area (Å²) in [5.74, 6) is 0.478. The molecular weight excluding hydrogens is 430 g/mol. The number of pyridine rings is 1. The number of aromatic nitrogens is 3. The Kier molecular flexibility index (Phi) is 6.53. The maximum Gasteiger partial charge on any atom is 0.242 e. The summed E-state index contributed by atoms with van der Waals surface area (Å²) < 4.78 is 12.6. The molecule has 1 saturated heterocycles. The molecule has 32 heavy (non-hydrogen) atoms. The number of amides is 1. The molecule has 4 rings (SSSR count). The lowest BCUT2D eigenvalue weighted by molar-refractivity contribution is -0.116. The molecule has 3 aromatic rings. The van der Waals surface area contributed by atoms with Gasteiger partial charge in [0.25, 0.3) is 0 Å². The number of anilines is 2. The minimum atomic E-state index is -0.0705. The molecule has 0 spiro atoms. The van der Waals surface area contributed by atoms with Gasteiger partial charge in [-0.05, 0) is 49.6 Å². The smallest absolute Gasteiger partial charge is 0.242 e. The van der Waals surface area contributed by atoms with E-state index in [1.807, 2.05) is 33.0 Å². The van der Waals surface area contributed by atoms with E-state index in [1.165, 1.54) is 0 Å². The van der Waals surface area contributed by atoms with Crippen LogP contribution in [0.4, 0.5) is 11.4 Å². The van der Waals surface area contributed by atoms with Crippen LogP contribution in [0.5, 0.6) is 5.88 Å². The number of carbonyl (C=O) groups excluding carboxylic acids is 1. The number of hydrogen-bond acceptors (Lipinski definition) is 6. The van der Waals surface area contributed by atoms with Crippen LogP contribution in [-0.2, 0) is 23.0 Å². The van der Waals surface area contributed by atoms with Crippen molar-refractivity contribution >= 4 is 39.9 Å². The van der Waals surface area contributed by atoms with E-state index in [0.29, 0.717) is 37.0 Å². The number of aryl methyl sites for hydroxylation is 3. The van der Waals surface area contributed by atoms with Gasteiger partial charge in [0.15, 0.2) is 5.65 Å². The summed E-state index contributed by atoms with van der Waals surface area (Å²) in [7, 11) is 3.45. The fourth-order valence-electron chi connectivity index (χ4n) is 4.25. The number of methoxy groups -OCH3 is 1. The minimum Gasteiger partial charge on any atom is -0.479 e. The Labute approximate surface area is 192 Å². The molecule has 9 heteroatoms. The zero-order valence-electron chi connectivity index (χ0n) is 18.9. The third-order valence-corrected chi connectivity index (χ3v) is 6.14. The van der Waals surface area contributed by atoms with Crippen molar-refractivity contribution in [2.75, 3.05) is 43.6 Å². The summed E-state index contributed by atoms with van der Waals surface area (Å²) in [5, 5.41) is 8.92. The molecule has 0 atom stereocenters. The Balaban J connectivity index is 1.53. The molecule has 0 bridgehead atoms. The standard InChI is InChI=1S/C23H28ClN5O3/c1-14-17(15(2)25-22-21(14)23(31-4)27-28(22)3)6-8-20(30)26-18-13-16(24)5-7-19(18)29-9-11-32-12-10-29/h5,7,13H,6,8-12H2,1-4H3,(H,26,30). The fourth-order valence-corrected chi connectivity index (χ4v) is 4.42. The Morgan fingerprint density at radius 1 is 1.28 bits per heavy atom. The van der Waals surface area contributed by atoms with Crippen molar-refractivity contribution < 1.29 is 14.3 Å². The van der Waals surface area contributed by atoms with E-state index in [9.17, 15) is 4.79 Å². The highest BCUT2D eigenvalue weighted by atomic mass is 35.5. The summed E-state index contributed by atoms with van der Waals surface area (Å²) in [6, 6.07) is 5.59. The van der Waals surface area contributed by atoms with Crippen molar-refractivity contribution in [2.24, 2.45) is 7.05 Å². The van der Waals surface area contributed by atoms with Gasteiger partial charge in [-0.15, -0.1) is 5.10 Å². The third kappa shape index (κ3) is 4.38. The lowest BCUT2D eigenvalue weighted by Gasteiger charge is -2.30. The Bertz CT molecular complexity index is 1150. The molecule has 1 aliphatic rings. The molecule has 8 nitrogen and oxygen atoms in total. The van der Waals surface area contributed by atoms with Crippen molar-refractivity contribution in [3.05, 3.63) is 40.0 Å². The van der Waals surface area contributed by atoms with Crippen LogP contribution in [-0.4, -0.2) is 54.1 Å². The third-order valence-electron chi connectivity index (χ3n) is 5.90. The number of morpholine rings is 1. The zero-order valence-corrected chi connectivity index (χ0v) is 19.6. The van der Waals surface area contributed by atoms with Gasteiger partial charge in [0.1, 0.15) is 0 Å². The van der Waals surface area contributed by atoms with Crippen molar-refractivity contribution in [2.45, 2.75) is 26.7 Å². The highest BCUT2D eigenvalue weighted by molar-refractivity contribution is 6.31. The summed E-state index contributed by atoms with van der Waals surface area (Å²) >= 11 is 6.22. The molecule has 1 aliphatic heterocycles. The van der Waals surface area contributed by atoms with E-state index in [2.05, 4.69) is 15.3 Å². The molecule has 0 aliphatic carbocycles. The van der Waals surface area contributed by atoms with Crippen LogP contribution in [0.15, 0.2) is 18.2 Å². The molecule has 1 fully saturated rings. The number of rotatable bonds is 6. The average Bonchev–Trinajstić information content (AvgIpc) is 3.10. The van der Waals surface area contributed by atoms with Crippen molar-refractivity contribution in [1.29, 1.82) is 0 Å². The molecule has 1 N–H and O–H groups in total. The summed E-state index contributed by atoms with van der Waals surface area (Å²) in [6.07, 6.45) is 0.893. The highest BCUT2D eigenvalue weighted by Gasteiger charge is 2.20. The number of ether oxygens (including phenoxy) is 2. The van der Waals surface area contributed by atoms with Crippen molar-refractivity contribution in [3.63, 3.8) is 0 Å². The van der Waals surface area contributed by atoms with Crippen LogP contribution in [0.3, 0.4) is 0 Å². The SMILES string of the molecule is COc1nn(C)c2nc(C)c(CCC(=O)Nc3cc(Cl)ccc3N3CCOCC3)c(C)c12. The summed E-state index contributed by atoms with van der Waals surface area (Å²) in [4.78, 5) is 19.8. The van der Waals surface area contributed by atoms with E-state index in [-0.39, 0.29) is 5.91 Å². The van der Waals surface area contributed by atoms with Gasteiger partial charge in [-0.1, -0.05) is 11.6 Å². The number of nitrogens with zero attached hydrogens (tertiary/aromatic N) is 4. The van der Waals surface area contributed by atoms with E-state index in [1.54, 1.807) is 17.9 Å². The number of fused-ring (bicyclic) bond motifs is 1. The maximum absolute atomic E-state index is 12.9. The monoisotopic (exact) mass is 457 g/mol. The molecule has 1 amide bonds. The molecular formula is C23H28ClN5O3. The second kappa shape index (κ2) is 9.34. The van der Waals surface area contributed by atoms with Crippen LogP contribution in [0.2, 0.25) is 5.02 Å². The van der Waals surface area contributed by atoms with Crippen molar-refractivity contribution in [1.82, 2.24) is 14.8 Å². The minimum absolute atomic E-state index is 0.0705. The fraction of sp³-hybridized carbons (Fsp3) is 0.435. The van der Waals surface area contributed by atoms with Crippen LogP contribution in [0.25, 0.3) is 11.0 Å². The quantitative estimate of drug-likeness (QED) is 0.608. The van der Waals surface area contributed by atoms with Gasteiger partial charge in [0.2, 0.25) is 11.8 Å².